The van der Waals surface area contributed by atoms with E-state index in [1.54, 1.807) is 0 Å². The maximum Gasteiger partial charge on any atom is 0.0698 e. The second-order valence-electron chi connectivity index (χ2n) is 5.61. The van der Waals surface area contributed by atoms with E-state index >= 15 is 0 Å². The molecule has 1 fully saturated rings. The summed E-state index contributed by atoms with van der Waals surface area (Å²) < 4.78 is 5.41. The van der Waals surface area contributed by atoms with Gasteiger partial charge in [-0.3, -0.25) is 0 Å². The van der Waals surface area contributed by atoms with Crippen LogP contribution in [0.25, 0.3) is 0 Å². The van der Waals surface area contributed by atoms with Crippen LogP contribution in [0.5, 0.6) is 0 Å². The average Bonchev–Trinajstić information content (AvgIpc) is 2.14. The van der Waals surface area contributed by atoms with Crippen molar-refractivity contribution in [3.8, 4) is 0 Å². The topological polar surface area (TPSA) is 12.5 Å². The summed E-state index contributed by atoms with van der Waals surface area (Å²) in [5.74, 6) is 0. The van der Waals surface area contributed by atoms with Crippen LogP contribution in [0.1, 0.15) is 40.0 Å². The monoisotopic (exact) mass is 199 g/mol. The number of nitrogens with zero attached hydrogens (tertiary/aromatic N) is 1. The smallest absolute Gasteiger partial charge is 0.0698 e. The summed E-state index contributed by atoms with van der Waals surface area (Å²) in [5, 5.41) is 0. The molecule has 1 aliphatic rings. The molecule has 1 unspecified atom stereocenters. The van der Waals surface area contributed by atoms with Crippen molar-refractivity contribution in [2.75, 3.05) is 26.7 Å². The quantitative estimate of drug-likeness (QED) is 0.692. The third kappa shape index (κ3) is 4.43. The van der Waals surface area contributed by atoms with Crippen molar-refractivity contribution in [3.63, 3.8) is 0 Å². The maximum absolute atomic E-state index is 5.41. The second kappa shape index (κ2) is 5.13. The van der Waals surface area contributed by atoms with Crippen LogP contribution in [-0.4, -0.2) is 37.7 Å². The summed E-state index contributed by atoms with van der Waals surface area (Å²) in [6.45, 7) is 10.5. The molecule has 2 nitrogen and oxygen atoms in total. The van der Waals surface area contributed by atoms with Crippen LogP contribution < -0.4 is 0 Å². The fraction of sp³-hybridized carbons (Fsp3) is 1.00. The molecular weight excluding hydrogens is 174 g/mol. The van der Waals surface area contributed by atoms with Gasteiger partial charge in [0, 0.05) is 13.7 Å². The summed E-state index contributed by atoms with van der Waals surface area (Å²) in [5.41, 5.74) is 0.458. The number of methoxy groups -OCH3 is 1. The Bertz CT molecular complexity index is 162. The molecule has 1 rings (SSSR count). The SMILES string of the molecule is COC1CCCN(CCC(C)(C)C)C1. The number of rotatable bonds is 3. The van der Waals surface area contributed by atoms with Crippen LogP contribution in [0.15, 0.2) is 0 Å². The molecule has 1 aliphatic heterocycles. The van der Waals surface area contributed by atoms with Crippen LogP contribution in [0.3, 0.4) is 0 Å². The summed E-state index contributed by atoms with van der Waals surface area (Å²) in [6.07, 6.45) is 4.29. The van der Waals surface area contributed by atoms with Crippen molar-refractivity contribution in [1.29, 1.82) is 0 Å². The predicted molar refractivity (Wildman–Crippen MR) is 60.5 cm³/mol. The van der Waals surface area contributed by atoms with Gasteiger partial charge in [-0.1, -0.05) is 20.8 Å². The normalized spacial score (nSPS) is 25.3. The molecule has 2 heteroatoms. The van der Waals surface area contributed by atoms with Crippen LogP contribution in [0.2, 0.25) is 0 Å². The summed E-state index contributed by atoms with van der Waals surface area (Å²) in [4.78, 5) is 2.54. The van der Waals surface area contributed by atoms with Crippen LogP contribution in [-0.2, 0) is 4.74 Å². The Labute approximate surface area is 88.6 Å². The Kier molecular flexibility index (Phi) is 4.39. The standard InChI is InChI=1S/C12H25NO/c1-12(2,3)7-9-13-8-5-6-11(10-13)14-4/h11H,5-10H2,1-4H3. The van der Waals surface area contributed by atoms with Crippen molar-refractivity contribution < 1.29 is 4.74 Å². The minimum Gasteiger partial charge on any atom is -0.380 e. The van der Waals surface area contributed by atoms with E-state index in [0.29, 0.717) is 11.5 Å². The molecule has 0 aromatic rings. The lowest BCUT2D eigenvalue weighted by Crippen LogP contribution is -2.40. The van der Waals surface area contributed by atoms with Crippen molar-refractivity contribution in [2.24, 2.45) is 5.41 Å². The van der Waals surface area contributed by atoms with Crippen molar-refractivity contribution >= 4 is 0 Å². The molecule has 0 amide bonds. The molecule has 84 valence electrons. The third-order valence-electron chi connectivity index (χ3n) is 2.97. The van der Waals surface area contributed by atoms with Crippen LogP contribution in [0.4, 0.5) is 0 Å². The molecule has 1 saturated heterocycles. The Balaban J connectivity index is 2.24. The van der Waals surface area contributed by atoms with Gasteiger partial charge < -0.3 is 9.64 Å². The first-order valence-electron chi connectivity index (χ1n) is 5.76. The molecule has 0 aromatic heterocycles. The van der Waals surface area contributed by atoms with Crippen molar-refractivity contribution in [2.45, 2.75) is 46.1 Å². The highest BCUT2D eigenvalue weighted by atomic mass is 16.5. The largest absolute Gasteiger partial charge is 0.380 e. The van der Waals surface area contributed by atoms with Gasteiger partial charge in [-0.15, -0.1) is 0 Å². The molecule has 1 heterocycles. The van der Waals surface area contributed by atoms with E-state index < -0.39 is 0 Å². The molecule has 0 N–H and O–H groups in total. The second-order valence-corrected chi connectivity index (χ2v) is 5.61. The molecule has 0 bridgehead atoms. The zero-order valence-corrected chi connectivity index (χ0v) is 10.2. The van der Waals surface area contributed by atoms with Crippen LogP contribution >= 0.6 is 0 Å². The highest BCUT2D eigenvalue weighted by Crippen LogP contribution is 2.20. The highest BCUT2D eigenvalue weighted by molar-refractivity contribution is 4.74. The molecule has 0 radical (unpaired) electrons. The first-order valence-corrected chi connectivity index (χ1v) is 5.76. The molecule has 0 aromatic carbocycles. The first kappa shape index (κ1) is 12.0. The molecule has 0 aliphatic carbocycles. The van der Waals surface area contributed by atoms with E-state index in [1.807, 2.05) is 7.11 Å². The number of likely N-dealkylation sites (tertiary alicyclic amines) is 1. The van der Waals surface area contributed by atoms with E-state index in [4.69, 9.17) is 4.74 Å². The molecule has 1 atom stereocenters. The number of ether oxygens (including phenoxy) is 1. The fourth-order valence-corrected chi connectivity index (χ4v) is 1.90. The Hall–Kier alpha value is -0.0800. The summed E-state index contributed by atoms with van der Waals surface area (Å²) in [6, 6.07) is 0. The molecule has 14 heavy (non-hydrogen) atoms. The van der Waals surface area contributed by atoms with Crippen LogP contribution in [0, 0.1) is 5.41 Å². The van der Waals surface area contributed by atoms with E-state index in [2.05, 4.69) is 25.7 Å². The zero-order chi connectivity index (χ0) is 10.6. The molecule has 0 spiro atoms. The molecule has 0 saturated carbocycles. The minimum atomic E-state index is 0.458. The highest BCUT2D eigenvalue weighted by Gasteiger charge is 2.20. The lowest BCUT2D eigenvalue weighted by atomic mass is 9.91. The number of piperidine rings is 1. The summed E-state index contributed by atoms with van der Waals surface area (Å²) in [7, 11) is 1.83. The fourth-order valence-electron chi connectivity index (χ4n) is 1.90. The van der Waals surface area contributed by atoms with E-state index in [0.717, 1.165) is 6.54 Å². The number of hydrogen-bond acceptors (Lipinski definition) is 2. The lowest BCUT2D eigenvalue weighted by molar-refractivity contribution is 0.0280. The van der Waals surface area contributed by atoms with E-state index in [9.17, 15) is 0 Å². The van der Waals surface area contributed by atoms with E-state index in [1.165, 1.54) is 32.4 Å². The predicted octanol–water partition coefficient (Wildman–Crippen LogP) is 2.53. The van der Waals surface area contributed by atoms with Crippen molar-refractivity contribution in [1.82, 2.24) is 4.90 Å². The Morgan fingerprint density at radius 3 is 2.64 bits per heavy atom. The van der Waals surface area contributed by atoms with Crippen molar-refractivity contribution in [3.05, 3.63) is 0 Å². The summed E-state index contributed by atoms with van der Waals surface area (Å²) >= 11 is 0. The van der Waals surface area contributed by atoms with Gasteiger partial charge in [0.15, 0.2) is 0 Å². The number of hydrogen-bond donors (Lipinski definition) is 0. The maximum atomic E-state index is 5.41. The van der Waals surface area contributed by atoms with Gasteiger partial charge in [-0.2, -0.15) is 0 Å². The van der Waals surface area contributed by atoms with E-state index in [-0.39, 0.29) is 0 Å². The first-order chi connectivity index (χ1) is 6.51. The Morgan fingerprint density at radius 2 is 2.07 bits per heavy atom. The lowest BCUT2D eigenvalue weighted by Gasteiger charge is -2.33. The minimum absolute atomic E-state index is 0.458. The van der Waals surface area contributed by atoms with Gasteiger partial charge in [-0.05, 0) is 37.8 Å². The average molecular weight is 199 g/mol. The molecular formula is C12H25NO. The third-order valence-corrected chi connectivity index (χ3v) is 2.97. The van der Waals surface area contributed by atoms with Gasteiger partial charge in [0.05, 0.1) is 6.10 Å². The zero-order valence-electron chi connectivity index (χ0n) is 10.2. The van der Waals surface area contributed by atoms with Gasteiger partial charge in [0.25, 0.3) is 0 Å². The van der Waals surface area contributed by atoms with Gasteiger partial charge in [-0.25, -0.2) is 0 Å². The van der Waals surface area contributed by atoms with Gasteiger partial charge in [0.1, 0.15) is 0 Å². The van der Waals surface area contributed by atoms with Gasteiger partial charge in [0.2, 0.25) is 0 Å². The Morgan fingerprint density at radius 1 is 1.36 bits per heavy atom. The van der Waals surface area contributed by atoms with Gasteiger partial charge >= 0.3 is 0 Å².